The zero-order valence-corrected chi connectivity index (χ0v) is 16.5. The monoisotopic (exact) mass is 386 g/mol. The zero-order valence-electron chi connectivity index (χ0n) is 16.5. The average Bonchev–Trinajstić information content (AvgIpc) is 3.18. The van der Waals surface area contributed by atoms with Gasteiger partial charge in [-0.15, -0.1) is 0 Å². The number of hydrogen-bond acceptors (Lipinski definition) is 4. The molecule has 29 heavy (non-hydrogen) atoms. The SMILES string of the molecule is O=c1ccc(-c2ccncc2)nn1C1CCC(NC2Cc3ccccc3C2)CC1. The van der Waals surface area contributed by atoms with Crippen LogP contribution >= 0.6 is 0 Å². The molecule has 2 aliphatic rings. The molecule has 0 radical (unpaired) electrons. The van der Waals surface area contributed by atoms with Gasteiger partial charge in [-0.2, -0.15) is 5.10 Å². The molecule has 0 amide bonds. The van der Waals surface area contributed by atoms with Crippen molar-refractivity contribution in [3.8, 4) is 11.3 Å². The molecule has 0 aliphatic heterocycles. The van der Waals surface area contributed by atoms with Crippen molar-refractivity contribution in [2.45, 2.75) is 56.7 Å². The Morgan fingerprint density at radius 2 is 1.52 bits per heavy atom. The minimum Gasteiger partial charge on any atom is -0.311 e. The Kier molecular flexibility index (Phi) is 4.98. The summed E-state index contributed by atoms with van der Waals surface area (Å²) in [4.78, 5) is 16.5. The summed E-state index contributed by atoms with van der Waals surface area (Å²) in [5, 5.41) is 8.55. The highest BCUT2D eigenvalue weighted by molar-refractivity contribution is 5.57. The maximum absolute atomic E-state index is 12.5. The van der Waals surface area contributed by atoms with Gasteiger partial charge in [-0.1, -0.05) is 24.3 Å². The maximum atomic E-state index is 12.5. The fourth-order valence-electron chi connectivity index (χ4n) is 4.86. The van der Waals surface area contributed by atoms with Crippen LogP contribution in [0.15, 0.2) is 65.7 Å². The highest BCUT2D eigenvalue weighted by atomic mass is 16.1. The summed E-state index contributed by atoms with van der Waals surface area (Å²) in [5.41, 5.74) is 4.79. The lowest BCUT2D eigenvalue weighted by Crippen LogP contribution is -2.42. The first-order chi connectivity index (χ1) is 14.3. The Balaban J connectivity index is 1.23. The van der Waals surface area contributed by atoms with E-state index in [1.807, 2.05) is 12.1 Å². The van der Waals surface area contributed by atoms with Gasteiger partial charge in [0.05, 0.1) is 11.7 Å². The molecule has 5 rings (SSSR count). The van der Waals surface area contributed by atoms with Gasteiger partial charge in [0.2, 0.25) is 0 Å². The Bertz CT molecular complexity index is 1010. The van der Waals surface area contributed by atoms with E-state index in [1.54, 1.807) is 29.2 Å². The van der Waals surface area contributed by atoms with Crippen LogP contribution in [0.4, 0.5) is 0 Å². The zero-order chi connectivity index (χ0) is 19.6. The number of benzene rings is 1. The minimum atomic E-state index is -0.00884. The highest BCUT2D eigenvalue weighted by Gasteiger charge is 2.28. The van der Waals surface area contributed by atoms with Gasteiger partial charge in [0.25, 0.3) is 5.56 Å². The number of nitrogens with zero attached hydrogens (tertiary/aromatic N) is 3. The van der Waals surface area contributed by atoms with Crippen molar-refractivity contribution in [1.29, 1.82) is 0 Å². The Morgan fingerprint density at radius 3 is 2.21 bits per heavy atom. The van der Waals surface area contributed by atoms with E-state index in [4.69, 9.17) is 0 Å². The fourth-order valence-corrected chi connectivity index (χ4v) is 4.86. The van der Waals surface area contributed by atoms with Crippen LogP contribution < -0.4 is 10.9 Å². The first-order valence-electron chi connectivity index (χ1n) is 10.6. The summed E-state index contributed by atoms with van der Waals surface area (Å²) in [7, 11) is 0. The smallest absolute Gasteiger partial charge is 0.267 e. The molecular weight excluding hydrogens is 360 g/mol. The molecule has 1 aromatic carbocycles. The van der Waals surface area contributed by atoms with Crippen LogP contribution in [0, 0.1) is 0 Å². The molecule has 0 unspecified atom stereocenters. The third-order valence-corrected chi connectivity index (χ3v) is 6.37. The van der Waals surface area contributed by atoms with Crippen LogP contribution in [0.25, 0.3) is 11.3 Å². The summed E-state index contributed by atoms with van der Waals surface area (Å²) in [5.74, 6) is 0. The molecule has 0 saturated heterocycles. The second kappa shape index (κ2) is 7.91. The number of hydrogen-bond donors (Lipinski definition) is 1. The normalized spacial score (nSPS) is 21.8. The highest BCUT2D eigenvalue weighted by Crippen LogP contribution is 2.29. The Labute approximate surface area is 170 Å². The molecule has 2 aliphatic carbocycles. The van der Waals surface area contributed by atoms with Crippen molar-refractivity contribution in [3.05, 3.63) is 82.4 Å². The van der Waals surface area contributed by atoms with Gasteiger partial charge < -0.3 is 5.32 Å². The fraction of sp³-hybridized carbons (Fsp3) is 0.375. The second-order valence-electron chi connectivity index (χ2n) is 8.28. The van der Waals surface area contributed by atoms with Crippen LogP contribution in [-0.4, -0.2) is 26.8 Å². The number of fused-ring (bicyclic) bond motifs is 1. The van der Waals surface area contributed by atoms with Crippen LogP contribution in [0.3, 0.4) is 0 Å². The molecule has 5 nitrogen and oxygen atoms in total. The van der Waals surface area contributed by atoms with Crippen LogP contribution in [0.2, 0.25) is 0 Å². The average molecular weight is 386 g/mol. The molecular formula is C24H26N4O. The summed E-state index contributed by atoms with van der Waals surface area (Å²) in [6.45, 7) is 0. The van der Waals surface area contributed by atoms with E-state index >= 15 is 0 Å². The predicted molar refractivity (Wildman–Crippen MR) is 114 cm³/mol. The van der Waals surface area contributed by atoms with Crippen molar-refractivity contribution in [2.75, 3.05) is 0 Å². The Hall–Kier alpha value is -2.79. The first-order valence-corrected chi connectivity index (χ1v) is 10.6. The van der Waals surface area contributed by atoms with Crippen LogP contribution in [-0.2, 0) is 12.8 Å². The summed E-state index contributed by atoms with van der Waals surface area (Å²) >= 11 is 0. The molecule has 0 spiro atoms. The largest absolute Gasteiger partial charge is 0.311 e. The molecule has 2 aromatic heterocycles. The summed E-state index contributed by atoms with van der Waals surface area (Å²) in [6, 6.07) is 17.3. The van der Waals surface area contributed by atoms with Gasteiger partial charge in [-0.25, -0.2) is 4.68 Å². The predicted octanol–water partition coefficient (Wildman–Crippen LogP) is 3.55. The maximum Gasteiger partial charge on any atom is 0.267 e. The van der Waals surface area contributed by atoms with Gasteiger partial charge in [-0.05, 0) is 67.9 Å². The van der Waals surface area contributed by atoms with Gasteiger partial charge in [-0.3, -0.25) is 9.78 Å². The quantitative estimate of drug-likeness (QED) is 0.745. The molecule has 0 bridgehead atoms. The summed E-state index contributed by atoms with van der Waals surface area (Å²) in [6.07, 6.45) is 9.93. The van der Waals surface area contributed by atoms with Crippen molar-refractivity contribution in [1.82, 2.24) is 20.1 Å². The lowest BCUT2D eigenvalue weighted by atomic mass is 9.90. The number of aromatic nitrogens is 3. The van der Waals surface area contributed by atoms with Crippen molar-refractivity contribution < 1.29 is 0 Å². The number of nitrogens with one attached hydrogen (secondary N) is 1. The van der Waals surface area contributed by atoms with E-state index in [1.165, 1.54) is 11.1 Å². The minimum absolute atomic E-state index is 0.00884. The molecule has 148 valence electrons. The third kappa shape index (κ3) is 3.87. The molecule has 3 aromatic rings. The third-order valence-electron chi connectivity index (χ3n) is 6.37. The Morgan fingerprint density at radius 1 is 0.828 bits per heavy atom. The first kappa shape index (κ1) is 18.3. The topological polar surface area (TPSA) is 59.8 Å². The second-order valence-corrected chi connectivity index (χ2v) is 8.28. The molecule has 2 heterocycles. The van der Waals surface area contributed by atoms with Gasteiger partial charge in [0.15, 0.2) is 0 Å². The van der Waals surface area contributed by atoms with Gasteiger partial charge in [0.1, 0.15) is 0 Å². The lowest BCUT2D eigenvalue weighted by molar-refractivity contribution is 0.257. The standard InChI is InChI=1S/C24H26N4O/c29-24-10-9-23(17-11-13-25-14-12-17)27-28(24)22-7-5-20(6-8-22)26-21-15-18-3-1-2-4-19(18)16-21/h1-4,9-14,20-22,26H,5-8,15-16H2. The summed E-state index contributed by atoms with van der Waals surface area (Å²) < 4.78 is 1.71. The molecule has 1 fully saturated rings. The van der Waals surface area contributed by atoms with Gasteiger partial charge in [0, 0.05) is 36.1 Å². The lowest BCUT2D eigenvalue weighted by Gasteiger charge is -2.31. The molecule has 1 N–H and O–H groups in total. The van der Waals surface area contributed by atoms with Gasteiger partial charge >= 0.3 is 0 Å². The van der Waals surface area contributed by atoms with Crippen molar-refractivity contribution in [2.24, 2.45) is 0 Å². The van der Waals surface area contributed by atoms with E-state index in [2.05, 4.69) is 39.7 Å². The molecule has 0 atom stereocenters. The van der Waals surface area contributed by atoms with E-state index < -0.39 is 0 Å². The van der Waals surface area contributed by atoms with Crippen LogP contribution in [0.5, 0.6) is 0 Å². The van der Waals surface area contributed by atoms with E-state index in [0.29, 0.717) is 12.1 Å². The van der Waals surface area contributed by atoms with Crippen molar-refractivity contribution >= 4 is 0 Å². The number of pyridine rings is 1. The van der Waals surface area contributed by atoms with Crippen molar-refractivity contribution in [3.63, 3.8) is 0 Å². The van der Waals surface area contributed by atoms with E-state index in [-0.39, 0.29) is 11.6 Å². The van der Waals surface area contributed by atoms with E-state index in [9.17, 15) is 4.79 Å². The molecule has 1 saturated carbocycles. The number of rotatable bonds is 4. The van der Waals surface area contributed by atoms with E-state index in [0.717, 1.165) is 49.8 Å². The van der Waals surface area contributed by atoms with Crippen LogP contribution in [0.1, 0.15) is 42.9 Å². The molecule has 5 heteroatoms.